The van der Waals surface area contributed by atoms with Crippen LogP contribution in [0.25, 0.3) is 5.65 Å². The van der Waals surface area contributed by atoms with E-state index in [9.17, 15) is 13.6 Å². The number of amides is 1. The van der Waals surface area contributed by atoms with E-state index < -0.39 is 4.12 Å². The summed E-state index contributed by atoms with van der Waals surface area (Å²) in [6.07, 6.45) is 4.56. The van der Waals surface area contributed by atoms with Crippen molar-refractivity contribution in [1.82, 2.24) is 14.7 Å². The van der Waals surface area contributed by atoms with E-state index in [1.54, 1.807) is 12.1 Å². The van der Waals surface area contributed by atoms with Gasteiger partial charge >= 0.3 is 4.12 Å². The van der Waals surface area contributed by atoms with Crippen LogP contribution >= 0.6 is 22.6 Å². The van der Waals surface area contributed by atoms with Crippen molar-refractivity contribution in [3.8, 4) is 5.75 Å². The fourth-order valence-corrected chi connectivity index (χ4v) is 5.44. The van der Waals surface area contributed by atoms with E-state index in [1.807, 2.05) is 48.7 Å². The van der Waals surface area contributed by atoms with Gasteiger partial charge in [-0.15, -0.1) is 0 Å². The first-order valence-corrected chi connectivity index (χ1v) is 14.2. The van der Waals surface area contributed by atoms with Crippen LogP contribution in [0.5, 0.6) is 5.75 Å². The number of alkyl halides is 3. The maximum absolute atomic E-state index is 13.1. The van der Waals surface area contributed by atoms with Crippen LogP contribution in [0.1, 0.15) is 58.6 Å². The number of rotatable bonds is 8. The first kappa shape index (κ1) is 27.4. The summed E-state index contributed by atoms with van der Waals surface area (Å²) < 4.78 is 29.4. The SMILES string of the molecule is CCc1nc2cc(C)ccn2c1C(=O)NCc1ccc(N2CCC(c3ccc(OC(F)(F)I)cc3)CC2)cc1. The van der Waals surface area contributed by atoms with Crippen molar-refractivity contribution in [2.24, 2.45) is 0 Å². The highest BCUT2D eigenvalue weighted by Crippen LogP contribution is 2.33. The highest BCUT2D eigenvalue weighted by molar-refractivity contribution is 14.1. The Bertz CT molecular complexity index is 1440. The van der Waals surface area contributed by atoms with Gasteiger partial charge in [-0.3, -0.25) is 9.20 Å². The van der Waals surface area contributed by atoms with Crippen molar-refractivity contribution in [2.45, 2.75) is 49.7 Å². The van der Waals surface area contributed by atoms with Crippen LogP contribution in [0.3, 0.4) is 0 Å². The van der Waals surface area contributed by atoms with Crippen LogP contribution in [-0.4, -0.2) is 32.5 Å². The molecular formula is C30H31F2IN4O2. The smallest absolute Gasteiger partial charge is 0.425 e. The number of nitrogens with one attached hydrogen (secondary N) is 1. The second-order valence-electron chi connectivity index (χ2n) is 9.92. The van der Waals surface area contributed by atoms with E-state index in [-0.39, 0.29) is 11.7 Å². The Labute approximate surface area is 240 Å². The van der Waals surface area contributed by atoms with E-state index in [1.165, 1.54) is 0 Å². The zero-order valence-corrected chi connectivity index (χ0v) is 24.1. The molecule has 39 heavy (non-hydrogen) atoms. The minimum atomic E-state index is -3.21. The maximum Gasteiger partial charge on any atom is 0.451 e. The largest absolute Gasteiger partial charge is 0.451 e. The van der Waals surface area contributed by atoms with Crippen LogP contribution in [0, 0.1) is 6.92 Å². The summed E-state index contributed by atoms with van der Waals surface area (Å²) in [5, 5.41) is 3.06. The average molecular weight is 645 g/mol. The molecule has 1 aliphatic rings. The minimum Gasteiger partial charge on any atom is -0.425 e. The molecule has 3 heterocycles. The lowest BCUT2D eigenvalue weighted by molar-refractivity contribution is -0.0691. The number of nitrogens with zero attached hydrogens (tertiary/aromatic N) is 3. The zero-order chi connectivity index (χ0) is 27.6. The van der Waals surface area contributed by atoms with E-state index in [0.29, 0.717) is 24.6 Å². The Kier molecular flexibility index (Phi) is 8.06. The van der Waals surface area contributed by atoms with Crippen LogP contribution in [-0.2, 0) is 13.0 Å². The highest BCUT2D eigenvalue weighted by atomic mass is 127. The normalized spacial score (nSPS) is 14.5. The van der Waals surface area contributed by atoms with Gasteiger partial charge < -0.3 is 15.0 Å². The fourth-order valence-electron chi connectivity index (χ4n) is 5.19. The van der Waals surface area contributed by atoms with Gasteiger partial charge in [0, 0.05) is 31.5 Å². The van der Waals surface area contributed by atoms with Crippen molar-refractivity contribution in [1.29, 1.82) is 0 Å². The number of carbonyl (C=O) groups excluding carboxylic acids is 1. The van der Waals surface area contributed by atoms with Gasteiger partial charge in [-0.1, -0.05) is 31.2 Å². The molecule has 0 bridgehead atoms. The molecular weight excluding hydrogens is 613 g/mol. The molecule has 6 nitrogen and oxygen atoms in total. The number of aromatic nitrogens is 2. The fraction of sp³-hybridized carbons (Fsp3) is 0.333. The molecule has 9 heteroatoms. The van der Waals surface area contributed by atoms with Gasteiger partial charge in [0.2, 0.25) is 0 Å². The van der Waals surface area contributed by atoms with E-state index in [2.05, 4.69) is 44.2 Å². The standard InChI is InChI=1S/C30H31F2IN4O2/c1-3-26-28(37-17-12-20(2)18-27(37)35-26)29(38)34-19-21-4-8-24(9-5-21)36-15-13-23(14-16-36)22-6-10-25(11-7-22)39-30(31,32)33/h4-12,17-18,23H,3,13-16,19H2,1-2H3,(H,34,38). The molecule has 2 aromatic carbocycles. The summed E-state index contributed by atoms with van der Waals surface area (Å²) in [6, 6.07) is 19.3. The average Bonchev–Trinajstić information content (AvgIpc) is 3.29. The molecule has 0 spiro atoms. The maximum atomic E-state index is 13.1. The molecule has 5 rings (SSSR count). The number of ether oxygens (including phenoxy) is 1. The predicted octanol–water partition coefficient (Wildman–Crippen LogP) is 6.88. The number of halogens is 3. The number of anilines is 1. The van der Waals surface area contributed by atoms with Crippen molar-refractivity contribution in [3.63, 3.8) is 0 Å². The van der Waals surface area contributed by atoms with Gasteiger partial charge in [0.1, 0.15) is 17.1 Å². The molecule has 0 atom stereocenters. The van der Waals surface area contributed by atoms with Crippen molar-refractivity contribution in [3.05, 3.63) is 94.9 Å². The molecule has 1 aliphatic heterocycles. The van der Waals surface area contributed by atoms with E-state index >= 15 is 0 Å². The van der Waals surface area contributed by atoms with Crippen molar-refractivity contribution in [2.75, 3.05) is 18.0 Å². The number of piperidine rings is 1. The number of imidazole rings is 1. The third-order valence-corrected chi connectivity index (χ3v) is 7.46. The van der Waals surface area contributed by atoms with Gasteiger partial charge in [-0.2, -0.15) is 8.78 Å². The Morgan fingerprint density at radius 1 is 1.10 bits per heavy atom. The predicted molar refractivity (Wildman–Crippen MR) is 157 cm³/mol. The molecule has 4 aromatic rings. The lowest BCUT2D eigenvalue weighted by Gasteiger charge is -2.34. The quantitative estimate of drug-likeness (QED) is 0.168. The van der Waals surface area contributed by atoms with Gasteiger partial charge in [-0.05, 0) is 85.2 Å². The number of benzene rings is 2. The Balaban J connectivity index is 1.15. The summed E-state index contributed by atoms with van der Waals surface area (Å²) in [4.78, 5) is 20.1. The first-order chi connectivity index (χ1) is 18.7. The number of carbonyl (C=O) groups is 1. The first-order valence-electron chi connectivity index (χ1n) is 13.2. The number of pyridine rings is 1. The molecule has 204 valence electrons. The lowest BCUT2D eigenvalue weighted by Crippen LogP contribution is -2.32. The topological polar surface area (TPSA) is 58.9 Å². The number of hydrogen-bond acceptors (Lipinski definition) is 4. The van der Waals surface area contributed by atoms with Gasteiger partial charge in [-0.25, -0.2) is 4.98 Å². The van der Waals surface area contributed by atoms with Crippen LogP contribution in [0.2, 0.25) is 0 Å². The third-order valence-electron chi connectivity index (χ3n) is 7.24. The molecule has 0 saturated carbocycles. The Morgan fingerprint density at radius 2 is 1.79 bits per heavy atom. The molecule has 0 aliphatic carbocycles. The summed E-state index contributed by atoms with van der Waals surface area (Å²) >= 11 is 0.974. The summed E-state index contributed by atoms with van der Waals surface area (Å²) in [5.74, 6) is 0.435. The second-order valence-corrected chi connectivity index (χ2v) is 11.2. The van der Waals surface area contributed by atoms with Gasteiger partial charge in [0.25, 0.3) is 5.91 Å². The molecule has 1 saturated heterocycles. The molecule has 1 fully saturated rings. The summed E-state index contributed by atoms with van der Waals surface area (Å²) in [7, 11) is 0. The lowest BCUT2D eigenvalue weighted by atomic mass is 9.89. The second kappa shape index (κ2) is 11.5. The van der Waals surface area contributed by atoms with E-state index in [4.69, 9.17) is 0 Å². The third kappa shape index (κ3) is 6.51. The van der Waals surface area contributed by atoms with Gasteiger partial charge in [0.15, 0.2) is 0 Å². The summed E-state index contributed by atoms with van der Waals surface area (Å²) in [6.45, 7) is 6.29. The Morgan fingerprint density at radius 3 is 2.44 bits per heavy atom. The summed E-state index contributed by atoms with van der Waals surface area (Å²) in [5.41, 5.74) is 6.62. The molecule has 2 aromatic heterocycles. The number of hydrogen-bond donors (Lipinski definition) is 1. The highest BCUT2D eigenvalue weighted by Gasteiger charge is 2.27. The van der Waals surface area contributed by atoms with Crippen LogP contribution < -0.4 is 15.0 Å². The minimum absolute atomic E-state index is 0.128. The van der Waals surface area contributed by atoms with Crippen LogP contribution in [0.15, 0.2) is 66.9 Å². The molecule has 0 radical (unpaired) electrons. The van der Waals surface area contributed by atoms with E-state index in [0.717, 1.165) is 82.2 Å². The Hall–Kier alpha value is -3.21. The van der Waals surface area contributed by atoms with Crippen molar-refractivity contribution >= 4 is 39.8 Å². The van der Waals surface area contributed by atoms with Gasteiger partial charge in [0.05, 0.1) is 28.3 Å². The zero-order valence-electron chi connectivity index (χ0n) is 22.0. The molecule has 0 unspecified atom stereocenters. The molecule has 1 amide bonds. The number of fused-ring (bicyclic) bond motifs is 1. The van der Waals surface area contributed by atoms with Crippen molar-refractivity contribution < 1.29 is 18.3 Å². The monoisotopic (exact) mass is 644 g/mol. The number of aryl methyl sites for hydroxylation is 2. The van der Waals surface area contributed by atoms with Crippen LogP contribution in [0.4, 0.5) is 14.5 Å². The molecule has 1 N–H and O–H groups in total.